The van der Waals surface area contributed by atoms with Crippen LogP contribution in [0.15, 0.2) is 24.4 Å². The van der Waals surface area contributed by atoms with Crippen LogP contribution in [0.2, 0.25) is 0 Å². The monoisotopic (exact) mass is 216 g/mol. The Hall–Kier alpha value is -1.55. The summed E-state index contributed by atoms with van der Waals surface area (Å²) in [7, 11) is 0. The zero-order valence-corrected chi connectivity index (χ0v) is 9.11. The van der Waals surface area contributed by atoms with E-state index in [0.29, 0.717) is 12.1 Å². The summed E-state index contributed by atoms with van der Waals surface area (Å²) in [6, 6.07) is 7.17. The minimum absolute atomic E-state index is 0.369. The predicted molar refractivity (Wildman–Crippen MR) is 65.3 cm³/mol. The molecule has 0 spiro atoms. The van der Waals surface area contributed by atoms with Crippen molar-refractivity contribution in [2.24, 2.45) is 5.73 Å². The highest BCUT2D eigenvalue weighted by Crippen LogP contribution is 2.23. The van der Waals surface area contributed by atoms with Crippen LogP contribution in [0.1, 0.15) is 19.3 Å². The molecule has 1 aromatic heterocycles. The average Bonchev–Trinajstić information content (AvgIpc) is 2.87. The van der Waals surface area contributed by atoms with Crippen molar-refractivity contribution < 1.29 is 0 Å². The van der Waals surface area contributed by atoms with E-state index in [1.54, 1.807) is 0 Å². The average molecular weight is 216 g/mol. The van der Waals surface area contributed by atoms with Crippen molar-refractivity contribution in [1.29, 1.82) is 0 Å². The Balaban J connectivity index is 1.78. The van der Waals surface area contributed by atoms with Crippen molar-refractivity contribution in [1.82, 2.24) is 10.2 Å². The minimum atomic E-state index is 0.369. The van der Waals surface area contributed by atoms with Crippen molar-refractivity contribution in [3.63, 3.8) is 0 Å². The van der Waals surface area contributed by atoms with Crippen molar-refractivity contribution in [2.75, 3.05) is 5.32 Å². The molecular formula is C12H16N4. The Kier molecular flexibility index (Phi) is 2.29. The molecule has 4 nitrogen and oxygen atoms in total. The zero-order chi connectivity index (χ0) is 11.0. The van der Waals surface area contributed by atoms with E-state index in [4.69, 9.17) is 5.73 Å². The molecule has 1 aliphatic rings. The van der Waals surface area contributed by atoms with Gasteiger partial charge in [-0.15, -0.1) is 0 Å². The molecule has 16 heavy (non-hydrogen) atoms. The Bertz CT molecular complexity index is 490. The lowest BCUT2D eigenvalue weighted by Crippen LogP contribution is -2.20. The van der Waals surface area contributed by atoms with E-state index in [1.165, 1.54) is 6.42 Å². The van der Waals surface area contributed by atoms with E-state index in [0.717, 1.165) is 29.4 Å². The molecule has 1 saturated carbocycles. The van der Waals surface area contributed by atoms with E-state index in [9.17, 15) is 0 Å². The number of nitrogens with zero attached hydrogens (tertiary/aromatic N) is 1. The number of hydrogen-bond acceptors (Lipinski definition) is 3. The SMILES string of the molecule is NC1CCC(Nc2ccc3cn[nH]c3c2)C1. The third-order valence-corrected chi connectivity index (χ3v) is 3.29. The van der Waals surface area contributed by atoms with Crippen LogP contribution in [0.25, 0.3) is 10.9 Å². The minimum Gasteiger partial charge on any atom is -0.382 e. The highest BCUT2D eigenvalue weighted by Gasteiger charge is 2.21. The van der Waals surface area contributed by atoms with E-state index >= 15 is 0 Å². The van der Waals surface area contributed by atoms with Crippen LogP contribution in [0.3, 0.4) is 0 Å². The molecule has 1 heterocycles. The molecule has 1 aromatic carbocycles. The molecule has 1 aliphatic carbocycles. The first-order valence-electron chi connectivity index (χ1n) is 5.76. The van der Waals surface area contributed by atoms with Gasteiger partial charge in [-0.3, -0.25) is 5.10 Å². The highest BCUT2D eigenvalue weighted by atomic mass is 15.1. The van der Waals surface area contributed by atoms with Crippen LogP contribution in [0, 0.1) is 0 Å². The topological polar surface area (TPSA) is 66.7 Å². The lowest BCUT2D eigenvalue weighted by molar-refractivity contribution is 0.688. The molecule has 2 aromatic rings. The van der Waals surface area contributed by atoms with E-state index < -0.39 is 0 Å². The highest BCUT2D eigenvalue weighted by molar-refractivity contribution is 5.81. The second kappa shape index (κ2) is 3.79. The summed E-state index contributed by atoms with van der Waals surface area (Å²) in [5.74, 6) is 0. The second-order valence-electron chi connectivity index (χ2n) is 4.59. The molecular weight excluding hydrogens is 200 g/mol. The standard InChI is InChI=1S/C12H16N4/c13-9-2-4-10(5-9)15-11-3-1-8-7-14-16-12(8)6-11/h1,3,6-7,9-10,15H,2,4-5,13H2,(H,14,16). The third-order valence-electron chi connectivity index (χ3n) is 3.29. The Morgan fingerprint density at radius 1 is 1.38 bits per heavy atom. The van der Waals surface area contributed by atoms with Gasteiger partial charge in [0.1, 0.15) is 0 Å². The fourth-order valence-corrected chi connectivity index (χ4v) is 2.41. The van der Waals surface area contributed by atoms with Crippen molar-refractivity contribution in [3.05, 3.63) is 24.4 Å². The van der Waals surface area contributed by atoms with Crippen LogP contribution >= 0.6 is 0 Å². The Morgan fingerprint density at radius 2 is 2.31 bits per heavy atom. The van der Waals surface area contributed by atoms with Crippen LogP contribution in [0.4, 0.5) is 5.69 Å². The molecule has 0 radical (unpaired) electrons. The van der Waals surface area contributed by atoms with Gasteiger partial charge in [0.25, 0.3) is 0 Å². The Labute approximate surface area is 94.2 Å². The summed E-state index contributed by atoms with van der Waals surface area (Å²) in [6.07, 6.45) is 5.21. The number of hydrogen-bond donors (Lipinski definition) is 3. The van der Waals surface area contributed by atoms with Gasteiger partial charge >= 0.3 is 0 Å². The number of nitrogens with one attached hydrogen (secondary N) is 2. The summed E-state index contributed by atoms with van der Waals surface area (Å²) in [5.41, 5.74) is 8.12. The van der Waals surface area contributed by atoms with Crippen molar-refractivity contribution >= 4 is 16.6 Å². The molecule has 1 fully saturated rings. The van der Waals surface area contributed by atoms with Gasteiger partial charge in [-0.25, -0.2) is 0 Å². The van der Waals surface area contributed by atoms with E-state index in [2.05, 4.69) is 33.7 Å². The number of aromatic amines is 1. The second-order valence-corrected chi connectivity index (χ2v) is 4.59. The van der Waals surface area contributed by atoms with E-state index in [1.807, 2.05) is 6.20 Å². The molecule has 2 unspecified atom stereocenters. The van der Waals surface area contributed by atoms with Crippen LogP contribution in [-0.2, 0) is 0 Å². The molecule has 2 atom stereocenters. The number of anilines is 1. The summed E-state index contributed by atoms with van der Waals surface area (Å²) >= 11 is 0. The molecule has 0 saturated heterocycles. The third kappa shape index (κ3) is 1.76. The lowest BCUT2D eigenvalue weighted by Gasteiger charge is -2.13. The molecule has 3 rings (SSSR count). The summed E-state index contributed by atoms with van der Waals surface area (Å²) in [4.78, 5) is 0. The van der Waals surface area contributed by atoms with Crippen LogP contribution < -0.4 is 11.1 Å². The summed E-state index contributed by atoms with van der Waals surface area (Å²) in [6.45, 7) is 0. The van der Waals surface area contributed by atoms with Crippen LogP contribution in [-0.4, -0.2) is 22.3 Å². The van der Waals surface area contributed by atoms with Crippen molar-refractivity contribution in [2.45, 2.75) is 31.3 Å². The number of aromatic nitrogens is 2. The number of rotatable bonds is 2. The van der Waals surface area contributed by atoms with Gasteiger partial charge in [0.2, 0.25) is 0 Å². The normalized spacial score (nSPS) is 25.1. The molecule has 84 valence electrons. The first kappa shape index (κ1) is 9.66. The largest absolute Gasteiger partial charge is 0.382 e. The first-order valence-corrected chi connectivity index (χ1v) is 5.76. The number of H-pyrrole nitrogens is 1. The maximum absolute atomic E-state index is 5.90. The fraction of sp³-hybridized carbons (Fsp3) is 0.417. The Morgan fingerprint density at radius 3 is 3.12 bits per heavy atom. The maximum atomic E-state index is 5.90. The molecule has 0 amide bonds. The molecule has 0 bridgehead atoms. The van der Waals surface area contributed by atoms with Gasteiger partial charge in [-0.1, -0.05) is 0 Å². The predicted octanol–water partition coefficient (Wildman–Crippen LogP) is 1.85. The van der Waals surface area contributed by atoms with Gasteiger partial charge in [0, 0.05) is 23.2 Å². The van der Waals surface area contributed by atoms with Gasteiger partial charge in [0.15, 0.2) is 0 Å². The van der Waals surface area contributed by atoms with Crippen molar-refractivity contribution in [3.8, 4) is 0 Å². The van der Waals surface area contributed by atoms with Gasteiger partial charge in [-0.2, -0.15) is 5.10 Å². The molecule has 4 N–H and O–H groups in total. The number of nitrogens with two attached hydrogens (primary N) is 1. The lowest BCUT2D eigenvalue weighted by atomic mass is 10.2. The fourth-order valence-electron chi connectivity index (χ4n) is 2.41. The zero-order valence-electron chi connectivity index (χ0n) is 9.11. The summed E-state index contributed by atoms with van der Waals surface area (Å²) in [5, 5.41) is 11.7. The first-order chi connectivity index (χ1) is 7.81. The smallest absolute Gasteiger partial charge is 0.0670 e. The molecule has 0 aliphatic heterocycles. The summed E-state index contributed by atoms with van der Waals surface area (Å²) < 4.78 is 0. The number of benzene rings is 1. The van der Waals surface area contributed by atoms with E-state index in [-0.39, 0.29) is 0 Å². The van der Waals surface area contributed by atoms with Crippen LogP contribution in [0.5, 0.6) is 0 Å². The quantitative estimate of drug-likeness (QED) is 0.717. The number of fused-ring (bicyclic) bond motifs is 1. The van der Waals surface area contributed by atoms with Gasteiger partial charge in [-0.05, 0) is 37.5 Å². The van der Waals surface area contributed by atoms with Gasteiger partial charge < -0.3 is 11.1 Å². The van der Waals surface area contributed by atoms with Gasteiger partial charge in [0.05, 0.1) is 11.7 Å². The molecule has 4 heteroatoms. The maximum Gasteiger partial charge on any atom is 0.0670 e.